The van der Waals surface area contributed by atoms with Gasteiger partial charge in [0.05, 0.1) is 16.6 Å². The molecule has 7 heteroatoms. The Hall–Kier alpha value is -0.520. The highest BCUT2D eigenvalue weighted by Crippen LogP contribution is 2.25. The molecule has 130 valence electrons. The minimum atomic E-state index is 0. The Bertz CT molecular complexity index is 513. The molecule has 1 unspecified atom stereocenters. The van der Waals surface area contributed by atoms with Crippen LogP contribution in [-0.2, 0) is 11.2 Å². The number of carbonyl (C=O) groups is 1. The van der Waals surface area contributed by atoms with E-state index in [1.165, 1.54) is 6.42 Å². The maximum atomic E-state index is 12.0. The summed E-state index contributed by atoms with van der Waals surface area (Å²) in [5, 5.41) is 7.37. The van der Waals surface area contributed by atoms with E-state index in [1.807, 2.05) is 19.2 Å². The molecule has 1 amide bonds. The van der Waals surface area contributed by atoms with Crippen molar-refractivity contribution in [2.24, 2.45) is 0 Å². The standard InChI is InChI=1S/C16H23Cl2N3O.ClH/c1-19-13-5-3-9-21(10-13)11-15(22)20-8-7-12-4-2-6-14(17)16(12)18;/h2,4,6,13,19H,3,5,7-11H2,1H3,(H,20,22);1H. The molecule has 1 saturated heterocycles. The predicted molar refractivity (Wildman–Crippen MR) is 98.9 cm³/mol. The molecule has 1 atom stereocenters. The minimum Gasteiger partial charge on any atom is -0.355 e. The van der Waals surface area contributed by atoms with Gasteiger partial charge >= 0.3 is 0 Å². The summed E-state index contributed by atoms with van der Waals surface area (Å²) >= 11 is 12.1. The highest BCUT2D eigenvalue weighted by atomic mass is 35.5. The number of likely N-dealkylation sites (tertiary alicyclic amines) is 1. The van der Waals surface area contributed by atoms with Crippen molar-refractivity contribution in [3.05, 3.63) is 33.8 Å². The number of amides is 1. The SMILES string of the molecule is CNC1CCCN(CC(=O)NCCc2cccc(Cl)c2Cl)C1.Cl. The van der Waals surface area contributed by atoms with Crippen LogP contribution in [-0.4, -0.2) is 50.1 Å². The zero-order valence-electron chi connectivity index (χ0n) is 13.3. The van der Waals surface area contributed by atoms with Crippen LogP contribution in [0, 0.1) is 0 Å². The lowest BCUT2D eigenvalue weighted by Crippen LogP contribution is -2.48. The molecule has 2 rings (SSSR count). The normalized spacial score (nSPS) is 18.3. The summed E-state index contributed by atoms with van der Waals surface area (Å²) in [6.45, 7) is 2.96. The van der Waals surface area contributed by atoms with Gasteiger partial charge in [-0.3, -0.25) is 9.69 Å². The number of benzene rings is 1. The summed E-state index contributed by atoms with van der Waals surface area (Å²) in [4.78, 5) is 14.2. The Morgan fingerprint density at radius 1 is 1.39 bits per heavy atom. The van der Waals surface area contributed by atoms with Crippen molar-refractivity contribution in [3.63, 3.8) is 0 Å². The van der Waals surface area contributed by atoms with Crippen molar-refractivity contribution in [3.8, 4) is 0 Å². The molecule has 1 aliphatic heterocycles. The third-order valence-electron chi connectivity index (χ3n) is 4.03. The first kappa shape index (κ1) is 20.5. The maximum Gasteiger partial charge on any atom is 0.234 e. The Kier molecular flexibility index (Phi) is 9.25. The van der Waals surface area contributed by atoms with Crippen LogP contribution in [0.15, 0.2) is 18.2 Å². The van der Waals surface area contributed by atoms with Gasteiger partial charge in [0.1, 0.15) is 0 Å². The van der Waals surface area contributed by atoms with Crippen LogP contribution in [0.2, 0.25) is 10.0 Å². The quantitative estimate of drug-likeness (QED) is 0.797. The lowest BCUT2D eigenvalue weighted by atomic mass is 10.1. The van der Waals surface area contributed by atoms with Crippen molar-refractivity contribution in [1.82, 2.24) is 15.5 Å². The summed E-state index contributed by atoms with van der Waals surface area (Å²) in [5.41, 5.74) is 0.961. The van der Waals surface area contributed by atoms with E-state index in [4.69, 9.17) is 23.2 Å². The second-order valence-electron chi connectivity index (χ2n) is 5.68. The van der Waals surface area contributed by atoms with Crippen LogP contribution in [0.3, 0.4) is 0 Å². The van der Waals surface area contributed by atoms with Gasteiger partial charge in [-0.1, -0.05) is 35.3 Å². The first-order valence-corrected chi connectivity index (χ1v) is 8.45. The summed E-state index contributed by atoms with van der Waals surface area (Å²) < 4.78 is 0. The zero-order chi connectivity index (χ0) is 15.9. The van der Waals surface area contributed by atoms with Gasteiger partial charge in [-0.15, -0.1) is 12.4 Å². The van der Waals surface area contributed by atoms with Crippen LogP contribution in [0.1, 0.15) is 18.4 Å². The van der Waals surface area contributed by atoms with E-state index in [-0.39, 0.29) is 18.3 Å². The molecular weight excluding hydrogens is 357 g/mol. The van der Waals surface area contributed by atoms with E-state index >= 15 is 0 Å². The molecule has 0 saturated carbocycles. The molecule has 4 nitrogen and oxygen atoms in total. The van der Waals surface area contributed by atoms with E-state index < -0.39 is 0 Å². The molecule has 0 aliphatic carbocycles. The van der Waals surface area contributed by atoms with Gasteiger partial charge in [0, 0.05) is 19.1 Å². The Balaban J connectivity index is 0.00000264. The molecule has 1 fully saturated rings. The molecule has 2 N–H and O–H groups in total. The molecule has 0 radical (unpaired) electrons. The van der Waals surface area contributed by atoms with Crippen LogP contribution in [0.5, 0.6) is 0 Å². The molecule has 0 spiro atoms. The number of nitrogens with one attached hydrogen (secondary N) is 2. The van der Waals surface area contributed by atoms with Crippen molar-refractivity contribution in [2.45, 2.75) is 25.3 Å². The Labute approximate surface area is 154 Å². The highest BCUT2D eigenvalue weighted by Gasteiger charge is 2.20. The number of nitrogens with zero attached hydrogens (tertiary/aromatic N) is 1. The van der Waals surface area contributed by atoms with Gasteiger partial charge in [-0.25, -0.2) is 0 Å². The lowest BCUT2D eigenvalue weighted by Gasteiger charge is -2.31. The highest BCUT2D eigenvalue weighted by molar-refractivity contribution is 6.42. The summed E-state index contributed by atoms with van der Waals surface area (Å²) in [7, 11) is 1.98. The molecular formula is C16H24Cl3N3O. The van der Waals surface area contributed by atoms with Gasteiger partial charge in [-0.05, 0) is 44.5 Å². The van der Waals surface area contributed by atoms with Crippen molar-refractivity contribution in [1.29, 1.82) is 0 Å². The molecule has 1 aromatic rings. The Morgan fingerprint density at radius 3 is 2.91 bits per heavy atom. The maximum absolute atomic E-state index is 12.0. The number of rotatable bonds is 6. The van der Waals surface area contributed by atoms with E-state index in [1.54, 1.807) is 6.07 Å². The number of carbonyl (C=O) groups excluding carboxylic acids is 1. The second kappa shape index (κ2) is 10.4. The van der Waals surface area contributed by atoms with Crippen molar-refractivity contribution >= 4 is 41.5 Å². The van der Waals surface area contributed by atoms with E-state index in [9.17, 15) is 4.79 Å². The van der Waals surface area contributed by atoms with Gasteiger partial charge in [0.2, 0.25) is 5.91 Å². The first-order valence-electron chi connectivity index (χ1n) is 7.69. The van der Waals surface area contributed by atoms with E-state index in [0.29, 0.717) is 35.6 Å². The Morgan fingerprint density at radius 2 is 2.17 bits per heavy atom. The van der Waals surface area contributed by atoms with Gasteiger partial charge in [-0.2, -0.15) is 0 Å². The fraction of sp³-hybridized carbons (Fsp3) is 0.562. The summed E-state index contributed by atoms with van der Waals surface area (Å²) in [6.07, 6.45) is 3.00. The number of halogens is 3. The average molecular weight is 381 g/mol. The first-order chi connectivity index (χ1) is 10.6. The molecule has 1 aliphatic rings. The van der Waals surface area contributed by atoms with Crippen molar-refractivity contribution < 1.29 is 4.79 Å². The molecule has 1 aromatic carbocycles. The van der Waals surface area contributed by atoms with Gasteiger partial charge in [0.25, 0.3) is 0 Å². The van der Waals surface area contributed by atoms with Crippen LogP contribution in [0.25, 0.3) is 0 Å². The molecule has 0 aromatic heterocycles. The van der Waals surface area contributed by atoms with Crippen LogP contribution < -0.4 is 10.6 Å². The van der Waals surface area contributed by atoms with Gasteiger partial charge < -0.3 is 10.6 Å². The zero-order valence-corrected chi connectivity index (χ0v) is 15.6. The molecule has 1 heterocycles. The third-order valence-corrected chi connectivity index (χ3v) is 4.89. The van der Waals surface area contributed by atoms with Crippen LogP contribution >= 0.6 is 35.6 Å². The minimum absolute atomic E-state index is 0. The summed E-state index contributed by atoms with van der Waals surface area (Å²) in [5.74, 6) is 0.0647. The molecule has 0 bridgehead atoms. The fourth-order valence-corrected chi connectivity index (χ4v) is 3.19. The van der Waals surface area contributed by atoms with Gasteiger partial charge in [0.15, 0.2) is 0 Å². The third kappa shape index (κ3) is 6.48. The number of hydrogen-bond donors (Lipinski definition) is 2. The fourth-order valence-electron chi connectivity index (χ4n) is 2.77. The van der Waals surface area contributed by atoms with Crippen LogP contribution in [0.4, 0.5) is 0 Å². The van der Waals surface area contributed by atoms with Crippen molar-refractivity contribution in [2.75, 3.05) is 33.2 Å². The monoisotopic (exact) mass is 379 g/mol. The average Bonchev–Trinajstić information content (AvgIpc) is 2.51. The summed E-state index contributed by atoms with van der Waals surface area (Å²) in [6, 6.07) is 6.06. The topological polar surface area (TPSA) is 44.4 Å². The largest absolute Gasteiger partial charge is 0.355 e. The lowest BCUT2D eigenvalue weighted by molar-refractivity contribution is -0.122. The predicted octanol–water partition coefficient (Wildman–Crippen LogP) is 2.76. The van der Waals surface area contributed by atoms with E-state index in [2.05, 4.69) is 15.5 Å². The smallest absolute Gasteiger partial charge is 0.234 e. The second-order valence-corrected chi connectivity index (χ2v) is 6.46. The van der Waals surface area contributed by atoms with E-state index in [0.717, 1.165) is 25.1 Å². The number of likely N-dealkylation sites (N-methyl/N-ethyl adjacent to an activating group) is 1. The number of piperidine rings is 1. The number of hydrogen-bond acceptors (Lipinski definition) is 3. The molecule has 23 heavy (non-hydrogen) atoms.